The number of anilines is 1. The number of nitrogens with zero attached hydrogens (tertiary/aromatic N) is 1. The van der Waals surface area contributed by atoms with Crippen LogP contribution < -0.4 is 10.1 Å². The van der Waals surface area contributed by atoms with Crippen LogP contribution in [-0.4, -0.2) is 25.2 Å². The second kappa shape index (κ2) is 9.64. The summed E-state index contributed by atoms with van der Waals surface area (Å²) in [6, 6.07) is 9.79. The number of hydrogen-bond donors (Lipinski definition) is 1. The molecule has 152 valence electrons. The molecular weight excluding hydrogens is 390 g/mol. The summed E-state index contributed by atoms with van der Waals surface area (Å²) in [5.74, 6) is -1.66. The number of nitro groups is 1. The average Bonchev–Trinajstić information content (AvgIpc) is 2.67. The molecule has 0 aliphatic carbocycles. The lowest BCUT2D eigenvalue weighted by Crippen LogP contribution is -2.17. The summed E-state index contributed by atoms with van der Waals surface area (Å²) in [7, 11) is -2.54. The number of ether oxygens (including phenoxy) is 1. The molecule has 1 unspecified atom stereocenters. The van der Waals surface area contributed by atoms with E-state index in [0.717, 1.165) is 0 Å². The predicted octanol–water partition coefficient (Wildman–Crippen LogP) is 5.12. The van der Waals surface area contributed by atoms with Gasteiger partial charge in [0.25, 0.3) is 5.69 Å². The number of methoxy groups -OCH3 is 1. The molecule has 0 aliphatic rings. The predicted molar refractivity (Wildman–Crippen MR) is 103 cm³/mol. The number of halogens is 1. The van der Waals surface area contributed by atoms with Crippen molar-refractivity contribution in [1.29, 1.82) is 0 Å². The first kappa shape index (κ1) is 21.8. The molecule has 0 amide bonds. The second-order valence-electron chi connectivity index (χ2n) is 5.58. The van der Waals surface area contributed by atoms with Crippen LogP contribution in [0.25, 0.3) is 0 Å². The Bertz CT molecular complexity index is 869. The van der Waals surface area contributed by atoms with Gasteiger partial charge < -0.3 is 19.1 Å². The van der Waals surface area contributed by atoms with Crippen LogP contribution in [0.15, 0.2) is 42.5 Å². The van der Waals surface area contributed by atoms with Crippen LogP contribution in [0.1, 0.15) is 25.2 Å². The summed E-state index contributed by atoms with van der Waals surface area (Å²) in [6.07, 6.45) is 0. The first-order valence-corrected chi connectivity index (χ1v) is 10.2. The minimum absolute atomic E-state index is 0.0119. The first-order valence-electron chi connectivity index (χ1n) is 8.58. The molecule has 0 saturated heterocycles. The molecular formula is C18H22FN2O6P. The van der Waals surface area contributed by atoms with E-state index in [1.807, 2.05) is 0 Å². The number of nitro benzene ring substituents is 1. The fourth-order valence-corrected chi connectivity index (χ4v) is 4.57. The van der Waals surface area contributed by atoms with E-state index < -0.39 is 24.1 Å². The zero-order valence-corrected chi connectivity index (χ0v) is 16.6. The van der Waals surface area contributed by atoms with Crippen LogP contribution in [0.4, 0.5) is 15.8 Å². The Morgan fingerprint density at radius 2 is 1.82 bits per heavy atom. The summed E-state index contributed by atoms with van der Waals surface area (Å²) >= 11 is 0. The lowest BCUT2D eigenvalue weighted by atomic mass is 10.2. The van der Waals surface area contributed by atoms with Crippen LogP contribution >= 0.6 is 7.60 Å². The molecule has 10 heteroatoms. The molecule has 0 aromatic heterocycles. The number of benzene rings is 2. The van der Waals surface area contributed by atoms with Gasteiger partial charge in [0.05, 0.1) is 31.3 Å². The maximum atomic E-state index is 14.5. The van der Waals surface area contributed by atoms with Gasteiger partial charge in [-0.2, -0.15) is 0 Å². The Morgan fingerprint density at radius 3 is 2.36 bits per heavy atom. The maximum absolute atomic E-state index is 14.5. The Labute approximate surface area is 162 Å². The van der Waals surface area contributed by atoms with E-state index in [2.05, 4.69) is 5.32 Å². The van der Waals surface area contributed by atoms with Gasteiger partial charge in [-0.3, -0.25) is 14.7 Å². The Morgan fingerprint density at radius 1 is 1.18 bits per heavy atom. The molecule has 0 radical (unpaired) electrons. The van der Waals surface area contributed by atoms with Gasteiger partial charge in [-0.15, -0.1) is 0 Å². The van der Waals surface area contributed by atoms with Crippen molar-refractivity contribution in [3.63, 3.8) is 0 Å². The topological polar surface area (TPSA) is 99.9 Å². The lowest BCUT2D eigenvalue weighted by molar-refractivity contribution is -0.384. The van der Waals surface area contributed by atoms with Gasteiger partial charge in [0, 0.05) is 5.56 Å². The SMILES string of the molecule is CCOP(=O)(OCC)C(Nc1ccc(OC)cc1[N+](=O)[O-])c1ccccc1F. The normalized spacial score (nSPS) is 12.4. The van der Waals surface area contributed by atoms with E-state index in [9.17, 15) is 19.1 Å². The van der Waals surface area contributed by atoms with E-state index in [1.54, 1.807) is 19.9 Å². The van der Waals surface area contributed by atoms with E-state index in [0.29, 0.717) is 0 Å². The number of hydrogen-bond acceptors (Lipinski definition) is 7. The smallest absolute Gasteiger partial charge is 0.357 e. The summed E-state index contributed by atoms with van der Waals surface area (Å²) in [6.45, 7) is 3.35. The standard InChI is InChI=1S/C18H22FN2O6P/c1-4-26-28(24,27-5-2)18(14-8-6-7-9-15(14)19)20-16-11-10-13(25-3)12-17(16)21(22)23/h6-12,18,20H,4-5H2,1-3H3. The van der Waals surface area contributed by atoms with E-state index in [1.165, 1.54) is 43.5 Å². The Balaban J connectivity index is 2.59. The minimum Gasteiger partial charge on any atom is -0.496 e. The second-order valence-corrected chi connectivity index (χ2v) is 7.70. The molecule has 28 heavy (non-hydrogen) atoms. The van der Waals surface area contributed by atoms with Gasteiger partial charge in [-0.1, -0.05) is 18.2 Å². The molecule has 2 rings (SSSR count). The molecule has 0 spiro atoms. The summed E-state index contributed by atoms with van der Waals surface area (Å²) in [4.78, 5) is 10.9. The Kier molecular flexibility index (Phi) is 7.51. The number of rotatable bonds is 10. The highest BCUT2D eigenvalue weighted by atomic mass is 31.2. The van der Waals surface area contributed by atoms with E-state index >= 15 is 0 Å². The van der Waals surface area contributed by atoms with Crippen molar-refractivity contribution in [2.45, 2.75) is 19.6 Å². The van der Waals surface area contributed by atoms with Gasteiger partial charge in [-0.05, 0) is 32.0 Å². The Hall–Kier alpha value is -2.48. The highest BCUT2D eigenvalue weighted by Gasteiger charge is 2.39. The van der Waals surface area contributed by atoms with Crippen LogP contribution in [0, 0.1) is 15.9 Å². The monoisotopic (exact) mass is 412 g/mol. The van der Waals surface area contributed by atoms with Gasteiger partial charge in [-0.25, -0.2) is 4.39 Å². The van der Waals surface area contributed by atoms with Crippen molar-refractivity contribution in [3.8, 4) is 5.75 Å². The van der Waals surface area contributed by atoms with Gasteiger partial charge in [0.1, 0.15) is 17.3 Å². The molecule has 8 nitrogen and oxygen atoms in total. The van der Waals surface area contributed by atoms with E-state index in [4.69, 9.17) is 13.8 Å². The van der Waals surface area contributed by atoms with Crippen molar-refractivity contribution >= 4 is 19.0 Å². The molecule has 1 atom stereocenters. The van der Waals surface area contributed by atoms with Crippen molar-refractivity contribution in [2.75, 3.05) is 25.6 Å². The third-order valence-electron chi connectivity index (χ3n) is 3.83. The van der Waals surface area contributed by atoms with Gasteiger partial charge >= 0.3 is 7.60 Å². The summed E-state index contributed by atoms with van der Waals surface area (Å²) < 4.78 is 43.7. The summed E-state index contributed by atoms with van der Waals surface area (Å²) in [5.41, 5.74) is -0.281. The van der Waals surface area contributed by atoms with E-state index in [-0.39, 0.29) is 35.9 Å². The summed E-state index contributed by atoms with van der Waals surface area (Å²) in [5, 5.41) is 14.3. The lowest BCUT2D eigenvalue weighted by Gasteiger charge is -2.28. The van der Waals surface area contributed by atoms with Crippen LogP contribution in [0.5, 0.6) is 5.75 Å². The van der Waals surface area contributed by atoms with Crippen molar-refractivity contribution in [2.24, 2.45) is 0 Å². The minimum atomic E-state index is -3.92. The molecule has 1 N–H and O–H groups in total. The third-order valence-corrected chi connectivity index (χ3v) is 6.10. The molecule has 0 saturated carbocycles. The zero-order valence-electron chi connectivity index (χ0n) is 15.8. The maximum Gasteiger partial charge on any atom is 0.357 e. The van der Waals surface area contributed by atoms with Crippen LogP contribution in [0.2, 0.25) is 0 Å². The van der Waals surface area contributed by atoms with Crippen molar-refractivity contribution < 1.29 is 27.7 Å². The quantitative estimate of drug-likeness (QED) is 0.328. The third kappa shape index (κ3) is 4.86. The fraction of sp³-hybridized carbons (Fsp3) is 0.333. The number of nitrogens with one attached hydrogen (secondary N) is 1. The van der Waals surface area contributed by atoms with Crippen LogP contribution in [-0.2, 0) is 13.6 Å². The molecule has 0 aliphatic heterocycles. The van der Waals surface area contributed by atoms with Crippen molar-refractivity contribution in [3.05, 3.63) is 64.0 Å². The molecule has 0 fully saturated rings. The molecule has 0 heterocycles. The van der Waals surface area contributed by atoms with Gasteiger partial charge in [0.2, 0.25) is 0 Å². The van der Waals surface area contributed by atoms with Crippen LogP contribution in [0.3, 0.4) is 0 Å². The fourth-order valence-electron chi connectivity index (χ4n) is 2.63. The van der Waals surface area contributed by atoms with Gasteiger partial charge in [0.15, 0.2) is 5.78 Å². The first-order chi connectivity index (χ1) is 13.4. The average molecular weight is 412 g/mol. The highest BCUT2D eigenvalue weighted by molar-refractivity contribution is 7.54. The molecule has 2 aromatic carbocycles. The zero-order chi connectivity index (χ0) is 20.7. The van der Waals surface area contributed by atoms with Crippen molar-refractivity contribution in [1.82, 2.24) is 0 Å². The highest BCUT2D eigenvalue weighted by Crippen LogP contribution is 2.61. The largest absolute Gasteiger partial charge is 0.496 e. The molecule has 2 aromatic rings. The molecule has 0 bridgehead atoms.